The molecule has 0 saturated carbocycles. The number of rotatable bonds is 3. The first-order valence-electron chi connectivity index (χ1n) is 7.97. The van der Waals surface area contributed by atoms with Crippen molar-refractivity contribution in [2.45, 2.75) is 31.0 Å². The summed E-state index contributed by atoms with van der Waals surface area (Å²) in [5, 5.41) is 4.96. The van der Waals surface area contributed by atoms with E-state index in [2.05, 4.69) is 5.16 Å². The zero-order chi connectivity index (χ0) is 15.9. The largest absolute Gasteiger partial charge is 0.379 e. The maximum atomic E-state index is 12.6. The van der Waals surface area contributed by atoms with Crippen LogP contribution in [0.5, 0.6) is 0 Å². The van der Waals surface area contributed by atoms with Gasteiger partial charge in [0.15, 0.2) is 5.58 Å². The average molecular weight is 316 g/mol. The van der Waals surface area contributed by atoms with Gasteiger partial charge in [-0.2, -0.15) is 0 Å². The standard InChI is InChI=1S/C17H20N2O4/c1-21-12-9-17(22-10-12)6-7-19(11-17)16(20)8-14-13-4-2-3-5-15(13)23-18-14/h2-5,12H,6-11H2,1H3/t12-,17+/m1/s1. The maximum absolute atomic E-state index is 12.6. The highest BCUT2D eigenvalue weighted by atomic mass is 16.6. The van der Waals surface area contributed by atoms with E-state index in [9.17, 15) is 4.79 Å². The van der Waals surface area contributed by atoms with Gasteiger partial charge in [0.05, 0.1) is 24.7 Å². The van der Waals surface area contributed by atoms with Crippen molar-refractivity contribution in [1.29, 1.82) is 0 Å². The fourth-order valence-corrected chi connectivity index (χ4v) is 3.62. The minimum atomic E-state index is -0.220. The second kappa shape index (κ2) is 5.62. The van der Waals surface area contributed by atoms with Crippen LogP contribution in [0.15, 0.2) is 28.8 Å². The number of amides is 1. The molecule has 0 radical (unpaired) electrons. The Morgan fingerprint density at radius 2 is 2.35 bits per heavy atom. The van der Waals surface area contributed by atoms with E-state index < -0.39 is 0 Å². The van der Waals surface area contributed by atoms with Crippen molar-refractivity contribution in [2.75, 3.05) is 26.8 Å². The first-order valence-corrected chi connectivity index (χ1v) is 7.97. The topological polar surface area (TPSA) is 64.8 Å². The predicted molar refractivity (Wildman–Crippen MR) is 83.0 cm³/mol. The molecule has 2 aliphatic rings. The lowest BCUT2D eigenvalue weighted by molar-refractivity contribution is -0.130. The number of benzene rings is 1. The van der Waals surface area contributed by atoms with E-state index in [1.807, 2.05) is 29.2 Å². The highest BCUT2D eigenvalue weighted by Gasteiger charge is 2.46. The lowest BCUT2D eigenvalue weighted by Crippen LogP contribution is -2.36. The number of hydrogen-bond donors (Lipinski definition) is 0. The molecule has 0 bridgehead atoms. The number of fused-ring (bicyclic) bond motifs is 1. The number of carbonyl (C=O) groups is 1. The molecule has 1 aromatic carbocycles. The fourth-order valence-electron chi connectivity index (χ4n) is 3.62. The third-order valence-electron chi connectivity index (χ3n) is 4.95. The Labute approximate surface area is 134 Å². The van der Waals surface area contributed by atoms with Gasteiger partial charge in [-0.15, -0.1) is 0 Å². The molecule has 2 fully saturated rings. The van der Waals surface area contributed by atoms with E-state index in [-0.39, 0.29) is 24.0 Å². The number of aromatic nitrogens is 1. The van der Waals surface area contributed by atoms with Gasteiger partial charge in [-0.05, 0) is 18.6 Å². The summed E-state index contributed by atoms with van der Waals surface area (Å²) in [5.41, 5.74) is 1.20. The number of hydrogen-bond acceptors (Lipinski definition) is 5. The van der Waals surface area contributed by atoms with Crippen molar-refractivity contribution in [2.24, 2.45) is 0 Å². The summed E-state index contributed by atoms with van der Waals surface area (Å²) < 4.78 is 16.6. The second-order valence-corrected chi connectivity index (χ2v) is 6.42. The molecule has 6 nitrogen and oxygen atoms in total. The van der Waals surface area contributed by atoms with Crippen LogP contribution in [0.1, 0.15) is 18.5 Å². The Morgan fingerprint density at radius 3 is 3.17 bits per heavy atom. The number of likely N-dealkylation sites (tertiary alicyclic amines) is 1. The van der Waals surface area contributed by atoms with E-state index in [0.717, 1.165) is 30.4 Å². The summed E-state index contributed by atoms with van der Waals surface area (Å²) in [4.78, 5) is 14.5. The molecule has 3 heterocycles. The highest BCUT2D eigenvalue weighted by Crippen LogP contribution is 2.36. The van der Waals surface area contributed by atoms with Crippen LogP contribution in [0, 0.1) is 0 Å². The molecule has 4 rings (SSSR count). The minimum absolute atomic E-state index is 0.0744. The Balaban J connectivity index is 1.44. The Bertz CT molecular complexity index is 728. The van der Waals surface area contributed by atoms with E-state index >= 15 is 0 Å². The van der Waals surface area contributed by atoms with Crippen LogP contribution in [0.25, 0.3) is 11.0 Å². The van der Waals surface area contributed by atoms with Crippen LogP contribution in [-0.2, 0) is 20.7 Å². The van der Waals surface area contributed by atoms with Crippen molar-refractivity contribution in [3.05, 3.63) is 30.0 Å². The Hall–Kier alpha value is -1.92. The molecule has 2 aromatic rings. The van der Waals surface area contributed by atoms with E-state index in [0.29, 0.717) is 18.8 Å². The predicted octanol–water partition coefficient (Wildman–Crippen LogP) is 1.78. The quantitative estimate of drug-likeness (QED) is 0.863. The maximum Gasteiger partial charge on any atom is 0.228 e. The highest BCUT2D eigenvalue weighted by molar-refractivity contribution is 5.86. The summed E-state index contributed by atoms with van der Waals surface area (Å²) in [7, 11) is 1.71. The number of methoxy groups -OCH3 is 1. The van der Waals surface area contributed by atoms with Gasteiger partial charge in [-0.25, -0.2) is 0 Å². The van der Waals surface area contributed by atoms with Crippen LogP contribution < -0.4 is 0 Å². The van der Waals surface area contributed by atoms with Crippen molar-refractivity contribution < 1.29 is 18.8 Å². The van der Waals surface area contributed by atoms with Crippen LogP contribution in [0.3, 0.4) is 0 Å². The molecule has 0 N–H and O–H groups in total. The number of carbonyl (C=O) groups excluding carboxylic acids is 1. The van der Waals surface area contributed by atoms with E-state index in [1.165, 1.54) is 0 Å². The van der Waals surface area contributed by atoms with Gasteiger partial charge in [0.25, 0.3) is 0 Å². The summed E-state index contributed by atoms with van der Waals surface area (Å²) >= 11 is 0. The van der Waals surface area contributed by atoms with Gasteiger partial charge < -0.3 is 18.9 Å². The fraction of sp³-hybridized carbons (Fsp3) is 0.529. The molecular weight excluding hydrogens is 296 g/mol. The monoisotopic (exact) mass is 316 g/mol. The van der Waals surface area contributed by atoms with Crippen LogP contribution >= 0.6 is 0 Å². The summed E-state index contributed by atoms with van der Waals surface area (Å²) in [6.45, 7) is 1.99. The molecule has 1 amide bonds. The van der Waals surface area contributed by atoms with Gasteiger partial charge in [-0.3, -0.25) is 4.79 Å². The van der Waals surface area contributed by atoms with E-state index in [4.69, 9.17) is 14.0 Å². The van der Waals surface area contributed by atoms with Crippen molar-refractivity contribution in [3.8, 4) is 0 Å². The van der Waals surface area contributed by atoms with Crippen molar-refractivity contribution in [1.82, 2.24) is 10.1 Å². The SMILES string of the molecule is CO[C@H]1CO[C@@]2(CCN(C(=O)Cc3noc4ccccc34)C2)C1. The van der Waals surface area contributed by atoms with Crippen LogP contribution in [0.2, 0.25) is 0 Å². The summed E-state index contributed by atoms with van der Waals surface area (Å²) in [5.74, 6) is 0.0744. The zero-order valence-corrected chi connectivity index (χ0v) is 13.2. The molecule has 0 unspecified atom stereocenters. The normalized spacial score (nSPS) is 27.3. The van der Waals surface area contributed by atoms with Gasteiger partial charge in [0.2, 0.25) is 5.91 Å². The van der Waals surface area contributed by atoms with E-state index in [1.54, 1.807) is 7.11 Å². The van der Waals surface area contributed by atoms with Gasteiger partial charge >= 0.3 is 0 Å². The molecule has 2 atom stereocenters. The Morgan fingerprint density at radius 1 is 1.48 bits per heavy atom. The van der Waals surface area contributed by atoms with Gasteiger partial charge in [-0.1, -0.05) is 17.3 Å². The second-order valence-electron chi connectivity index (χ2n) is 6.42. The van der Waals surface area contributed by atoms with Gasteiger partial charge in [0, 0.05) is 32.0 Å². The molecule has 1 spiro atoms. The van der Waals surface area contributed by atoms with Crippen LogP contribution in [-0.4, -0.2) is 54.5 Å². The minimum Gasteiger partial charge on any atom is -0.379 e. The molecule has 122 valence electrons. The zero-order valence-electron chi connectivity index (χ0n) is 13.2. The van der Waals surface area contributed by atoms with Gasteiger partial charge in [0.1, 0.15) is 5.69 Å². The lowest BCUT2D eigenvalue weighted by Gasteiger charge is -2.23. The molecule has 2 saturated heterocycles. The summed E-state index contributed by atoms with van der Waals surface area (Å²) in [6.07, 6.45) is 2.14. The first kappa shape index (κ1) is 14.7. The molecular formula is C17H20N2O4. The summed E-state index contributed by atoms with van der Waals surface area (Å²) in [6, 6.07) is 7.62. The average Bonchev–Trinajstić information content (AvgIpc) is 3.28. The molecule has 23 heavy (non-hydrogen) atoms. The number of ether oxygens (including phenoxy) is 2. The molecule has 6 heteroatoms. The molecule has 0 aliphatic carbocycles. The Kier molecular flexibility index (Phi) is 3.58. The van der Waals surface area contributed by atoms with Crippen LogP contribution in [0.4, 0.5) is 0 Å². The smallest absolute Gasteiger partial charge is 0.228 e. The lowest BCUT2D eigenvalue weighted by atomic mass is 9.98. The molecule has 2 aliphatic heterocycles. The number of nitrogens with zero attached hydrogens (tertiary/aromatic N) is 2. The molecule has 1 aromatic heterocycles. The number of para-hydroxylation sites is 1. The third kappa shape index (κ3) is 2.62. The van der Waals surface area contributed by atoms with Crippen molar-refractivity contribution >= 4 is 16.9 Å². The van der Waals surface area contributed by atoms with Crippen molar-refractivity contribution in [3.63, 3.8) is 0 Å². The first-order chi connectivity index (χ1) is 11.2. The third-order valence-corrected chi connectivity index (χ3v) is 4.95.